The van der Waals surface area contributed by atoms with Gasteiger partial charge < -0.3 is 5.32 Å². The molecule has 20 heavy (non-hydrogen) atoms. The number of carbonyl (C=O) groups excluding carboxylic acids is 1. The maximum Gasteiger partial charge on any atom is 0.253 e. The monoisotopic (exact) mass is 268 g/mol. The first kappa shape index (κ1) is 14.3. The number of hydrogen-bond acceptors (Lipinski definition) is 2. The highest BCUT2D eigenvalue weighted by Gasteiger charge is 2.12. The van der Waals surface area contributed by atoms with Gasteiger partial charge in [-0.1, -0.05) is 45.0 Å². The van der Waals surface area contributed by atoms with Crippen LogP contribution in [0.1, 0.15) is 42.3 Å². The SMILES string of the molecule is CC(C)(C)c1ccc(CNC(=O)c2cccnc2)cc1. The second-order valence-electron chi connectivity index (χ2n) is 5.87. The van der Waals surface area contributed by atoms with Crippen LogP contribution in [-0.4, -0.2) is 10.9 Å². The first-order valence-corrected chi connectivity index (χ1v) is 6.74. The number of carbonyl (C=O) groups is 1. The summed E-state index contributed by atoms with van der Waals surface area (Å²) in [6.07, 6.45) is 3.22. The van der Waals surface area contributed by atoms with E-state index >= 15 is 0 Å². The Morgan fingerprint density at radius 2 is 1.85 bits per heavy atom. The molecule has 0 aliphatic rings. The number of hydrogen-bond donors (Lipinski definition) is 1. The molecule has 1 N–H and O–H groups in total. The van der Waals surface area contributed by atoms with Crippen LogP contribution in [0, 0.1) is 0 Å². The molecule has 0 saturated heterocycles. The van der Waals surface area contributed by atoms with Gasteiger partial charge >= 0.3 is 0 Å². The van der Waals surface area contributed by atoms with Gasteiger partial charge in [-0.15, -0.1) is 0 Å². The van der Waals surface area contributed by atoms with Crippen LogP contribution < -0.4 is 5.32 Å². The largest absolute Gasteiger partial charge is 0.348 e. The van der Waals surface area contributed by atoms with Gasteiger partial charge in [0, 0.05) is 18.9 Å². The fourth-order valence-electron chi connectivity index (χ4n) is 1.90. The van der Waals surface area contributed by atoms with E-state index in [4.69, 9.17) is 0 Å². The second-order valence-corrected chi connectivity index (χ2v) is 5.87. The molecule has 0 unspecified atom stereocenters. The number of nitrogens with zero attached hydrogens (tertiary/aromatic N) is 1. The molecule has 0 fully saturated rings. The molecule has 0 spiro atoms. The van der Waals surface area contributed by atoms with Gasteiger partial charge in [-0.25, -0.2) is 0 Å². The Labute approximate surface area is 120 Å². The quantitative estimate of drug-likeness (QED) is 0.928. The van der Waals surface area contributed by atoms with Gasteiger partial charge in [0.05, 0.1) is 5.56 Å². The lowest BCUT2D eigenvalue weighted by Gasteiger charge is -2.19. The molecule has 0 atom stereocenters. The molecular weight excluding hydrogens is 248 g/mol. The van der Waals surface area contributed by atoms with Gasteiger partial charge in [0.25, 0.3) is 5.91 Å². The van der Waals surface area contributed by atoms with Crippen molar-refractivity contribution in [1.82, 2.24) is 10.3 Å². The third kappa shape index (κ3) is 3.67. The Hall–Kier alpha value is -2.16. The van der Waals surface area contributed by atoms with Crippen LogP contribution in [0.4, 0.5) is 0 Å². The molecule has 1 heterocycles. The summed E-state index contributed by atoms with van der Waals surface area (Å²) in [5.74, 6) is -0.0991. The highest BCUT2D eigenvalue weighted by atomic mass is 16.1. The molecular formula is C17H20N2O. The van der Waals surface area contributed by atoms with E-state index in [9.17, 15) is 4.79 Å². The average Bonchev–Trinajstić information content (AvgIpc) is 2.45. The lowest BCUT2D eigenvalue weighted by molar-refractivity contribution is 0.0950. The third-order valence-corrected chi connectivity index (χ3v) is 3.20. The number of rotatable bonds is 3. The Morgan fingerprint density at radius 1 is 1.15 bits per heavy atom. The molecule has 0 aliphatic heterocycles. The van der Waals surface area contributed by atoms with E-state index in [1.807, 2.05) is 0 Å². The fraction of sp³-hybridized carbons (Fsp3) is 0.294. The predicted molar refractivity (Wildman–Crippen MR) is 80.5 cm³/mol. The highest BCUT2D eigenvalue weighted by Crippen LogP contribution is 2.22. The van der Waals surface area contributed by atoms with Crippen LogP contribution in [0.2, 0.25) is 0 Å². The summed E-state index contributed by atoms with van der Waals surface area (Å²) in [4.78, 5) is 15.8. The number of pyridine rings is 1. The van der Waals surface area contributed by atoms with Crippen LogP contribution >= 0.6 is 0 Å². The Bertz CT molecular complexity index is 568. The Balaban J connectivity index is 1.96. The van der Waals surface area contributed by atoms with E-state index in [0.29, 0.717) is 12.1 Å². The highest BCUT2D eigenvalue weighted by molar-refractivity contribution is 5.93. The number of benzene rings is 1. The minimum absolute atomic E-state index is 0.0991. The van der Waals surface area contributed by atoms with E-state index in [2.05, 4.69) is 55.3 Å². The molecule has 1 aromatic carbocycles. The standard InChI is InChI=1S/C17H20N2O/c1-17(2,3)15-8-6-13(7-9-15)11-19-16(20)14-5-4-10-18-12-14/h4-10,12H,11H2,1-3H3,(H,19,20). The van der Waals surface area contributed by atoms with Gasteiger partial charge in [0.2, 0.25) is 0 Å². The molecule has 104 valence electrons. The summed E-state index contributed by atoms with van der Waals surface area (Å²) >= 11 is 0. The lowest BCUT2D eigenvalue weighted by atomic mass is 9.87. The van der Waals surface area contributed by atoms with Crippen LogP contribution in [0.25, 0.3) is 0 Å². The summed E-state index contributed by atoms with van der Waals surface area (Å²) in [6.45, 7) is 7.09. The molecule has 0 saturated carbocycles. The number of amides is 1. The summed E-state index contributed by atoms with van der Waals surface area (Å²) in [5.41, 5.74) is 3.12. The molecule has 1 amide bonds. The zero-order valence-electron chi connectivity index (χ0n) is 12.2. The minimum Gasteiger partial charge on any atom is -0.348 e. The topological polar surface area (TPSA) is 42.0 Å². The fourth-order valence-corrected chi connectivity index (χ4v) is 1.90. The zero-order valence-corrected chi connectivity index (χ0v) is 12.2. The van der Waals surface area contributed by atoms with Crippen molar-refractivity contribution in [2.45, 2.75) is 32.7 Å². The molecule has 2 rings (SSSR count). The van der Waals surface area contributed by atoms with Crippen molar-refractivity contribution in [2.24, 2.45) is 0 Å². The first-order valence-electron chi connectivity index (χ1n) is 6.74. The molecule has 0 bridgehead atoms. The maximum atomic E-state index is 11.9. The van der Waals surface area contributed by atoms with Crippen molar-refractivity contribution < 1.29 is 4.79 Å². The van der Waals surface area contributed by atoms with Crippen molar-refractivity contribution in [3.63, 3.8) is 0 Å². The molecule has 0 radical (unpaired) electrons. The smallest absolute Gasteiger partial charge is 0.253 e. The third-order valence-electron chi connectivity index (χ3n) is 3.20. The van der Waals surface area contributed by atoms with E-state index in [1.54, 1.807) is 24.5 Å². The zero-order chi connectivity index (χ0) is 14.6. The van der Waals surface area contributed by atoms with Gasteiger partial charge in [-0.05, 0) is 28.7 Å². The maximum absolute atomic E-state index is 11.9. The first-order chi connectivity index (χ1) is 9.47. The predicted octanol–water partition coefficient (Wildman–Crippen LogP) is 3.31. The summed E-state index contributed by atoms with van der Waals surface area (Å²) < 4.78 is 0. The van der Waals surface area contributed by atoms with Crippen molar-refractivity contribution >= 4 is 5.91 Å². The summed E-state index contributed by atoms with van der Waals surface area (Å²) in [5, 5.41) is 2.89. The van der Waals surface area contributed by atoms with Crippen LogP contribution in [0.5, 0.6) is 0 Å². The second kappa shape index (κ2) is 5.87. The summed E-state index contributed by atoms with van der Waals surface area (Å²) in [7, 11) is 0. The Kier molecular flexibility index (Phi) is 4.18. The van der Waals surface area contributed by atoms with E-state index in [0.717, 1.165) is 5.56 Å². The molecule has 2 aromatic rings. The minimum atomic E-state index is -0.0991. The van der Waals surface area contributed by atoms with E-state index in [-0.39, 0.29) is 11.3 Å². The van der Waals surface area contributed by atoms with Crippen molar-refractivity contribution in [3.8, 4) is 0 Å². The van der Waals surface area contributed by atoms with Crippen LogP contribution in [0.15, 0.2) is 48.8 Å². The lowest BCUT2D eigenvalue weighted by Crippen LogP contribution is -2.22. The van der Waals surface area contributed by atoms with Crippen molar-refractivity contribution in [3.05, 3.63) is 65.5 Å². The van der Waals surface area contributed by atoms with E-state index < -0.39 is 0 Å². The average molecular weight is 268 g/mol. The van der Waals surface area contributed by atoms with Crippen molar-refractivity contribution in [2.75, 3.05) is 0 Å². The van der Waals surface area contributed by atoms with Gasteiger partial charge in [-0.2, -0.15) is 0 Å². The van der Waals surface area contributed by atoms with Gasteiger partial charge in [0.1, 0.15) is 0 Å². The van der Waals surface area contributed by atoms with Crippen molar-refractivity contribution in [1.29, 1.82) is 0 Å². The number of nitrogens with one attached hydrogen (secondary N) is 1. The van der Waals surface area contributed by atoms with Crippen LogP contribution in [0.3, 0.4) is 0 Å². The number of aromatic nitrogens is 1. The van der Waals surface area contributed by atoms with E-state index in [1.165, 1.54) is 5.56 Å². The normalized spacial score (nSPS) is 11.2. The molecule has 1 aromatic heterocycles. The van der Waals surface area contributed by atoms with Crippen LogP contribution in [-0.2, 0) is 12.0 Å². The summed E-state index contributed by atoms with van der Waals surface area (Å²) in [6, 6.07) is 11.9. The Morgan fingerprint density at radius 3 is 2.40 bits per heavy atom. The molecule has 0 aliphatic carbocycles. The molecule has 3 heteroatoms. The van der Waals surface area contributed by atoms with Gasteiger partial charge in [0.15, 0.2) is 0 Å². The molecule has 3 nitrogen and oxygen atoms in total. The van der Waals surface area contributed by atoms with Gasteiger partial charge in [-0.3, -0.25) is 9.78 Å².